The summed E-state index contributed by atoms with van der Waals surface area (Å²) in [6.07, 6.45) is 3.83. The summed E-state index contributed by atoms with van der Waals surface area (Å²) in [5.41, 5.74) is -0.480. The minimum absolute atomic E-state index is 0.0735. The molecule has 0 radical (unpaired) electrons. The van der Waals surface area contributed by atoms with Crippen LogP contribution in [0.2, 0.25) is 0 Å². The average Bonchev–Trinajstić information content (AvgIpc) is 2.48. The van der Waals surface area contributed by atoms with Crippen LogP contribution in [-0.4, -0.2) is 40.6 Å². The van der Waals surface area contributed by atoms with Gasteiger partial charge in [0.1, 0.15) is 5.60 Å². The van der Waals surface area contributed by atoms with E-state index in [9.17, 15) is 14.0 Å². The number of carbonyl (C=O) groups is 2. The number of likely N-dealkylation sites (tertiary alicyclic amines) is 1. The highest BCUT2D eigenvalue weighted by Gasteiger charge is 2.31. The summed E-state index contributed by atoms with van der Waals surface area (Å²) in [5.74, 6) is -1.25. The summed E-state index contributed by atoms with van der Waals surface area (Å²) >= 11 is 0. The minimum atomic E-state index is -0.596. The largest absolute Gasteiger partial charge is 0.460 e. The Morgan fingerprint density at radius 2 is 2.17 bits per heavy atom. The molecule has 2 rings (SSSR count). The van der Waals surface area contributed by atoms with Crippen LogP contribution in [0.15, 0.2) is 18.5 Å². The number of urea groups is 1. The molecule has 1 aliphatic rings. The SMILES string of the molecule is CC(C)(C)OC(=O)C1CCCN(C(=O)Nc2ccncc2F)C1. The molecule has 0 aliphatic carbocycles. The number of anilines is 1. The number of nitrogens with zero attached hydrogens (tertiary/aromatic N) is 2. The lowest BCUT2D eigenvalue weighted by molar-refractivity contribution is -0.161. The highest BCUT2D eigenvalue weighted by Crippen LogP contribution is 2.22. The average molecular weight is 323 g/mol. The number of ether oxygens (including phenoxy) is 1. The third-order valence-corrected chi connectivity index (χ3v) is 3.46. The van der Waals surface area contributed by atoms with Crippen molar-refractivity contribution in [3.05, 3.63) is 24.3 Å². The molecule has 7 heteroatoms. The van der Waals surface area contributed by atoms with E-state index in [2.05, 4.69) is 10.3 Å². The van der Waals surface area contributed by atoms with Crippen molar-refractivity contribution in [2.75, 3.05) is 18.4 Å². The summed E-state index contributed by atoms with van der Waals surface area (Å²) in [4.78, 5) is 29.5. The molecular weight excluding hydrogens is 301 g/mol. The number of hydrogen-bond donors (Lipinski definition) is 1. The number of piperidine rings is 1. The smallest absolute Gasteiger partial charge is 0.321 e. The van der Waals surface area contributed by atoms with Gasteiger partial charge in [-0.15, -0.1) is 0 Å². The Labute approximate surface area is 135 Å². The van der Waals surface area contributed by atoms with Gasteiger partial charge in [-0.05, 0) is 39.7 Å². The van der Waals surface area contributed by atoms with Gasteiger partial charge >= 0.3 is 12.0 Å². The van der Waals surface area contributed by atoms with Crippen LogP contribution in [0.1, 0.15) is 33.6 Å². The zero-order valence-corrected chi connectivity index (χ0v) is 13.6. The lowest BCUT2D eigenvalue weighted by atomic mass is 9.98. The highest BCUT2D eigenvalue weighted by atomic mass is 19.1. The number of aromatic nitrogens is 1. The van der Waals surface area contributed by atoms with Crippen LogP contribution in [0.25, 0.3) is 0 Å². The fourth-order valence-electron chi connectivity index (χ4n) is 2.41. The Morgan fingerprint density at radius 3 is 2.83 bits per heavy atom. The summed E-state index contributed by atoms with van der Waals surface area (Å²) in [7, 11) is 0. The molecule has 1 aromatic rings. The molecule has 1 unspecified atom stereocenters. The van der Waals surface area contributed by atoms with Gasteiger partial charge < -0.3 is 15.0 Å². The van der Waals surface area contributed by atoms with Crippen LogP contribution in [0, 0.1) is 11.7 Å². The van der Waals surface area contributed by atoms with Crippen molar-refractivity contribution < 1.29 is 18.7 Å². The van der Waals surface area contributed by atoms with Crippen molar-refractivity contribution in [1.29, 1.82) is 0 Å². The maximum atomic E-state index is 13.5. The van der Waals surface area contributed by atoms with Crippen molar-refractivity contribution in [3.8, 4) is 0 Å². The fraction of sp³-hybridized carbons (Fsp3) is 0.562. The number of pyridine rings is 1. The lowest BCUT2D eigenvalue weighted by Gasteiger charge is -2.33. The van der Waals surface area contributed by atoms with E-state index in [1.54, 1.807) is 0 Å². The molecule has 2 amide bonds. The Morgan fingerprint density at radius 1 is 1.43 bits per heavy atom. The number of halogens is 1. The monoisotopic (exact) mass is 323 g/mol. The Balaban J connectivity index is 1.96. The molecule has 1 N–H and O–H groups in total. The maximum absolute atomic E-state index is 13.5. The molecular formula is C16H22FN3O3. The first-order valence-electron chi connectivity index (χ1n) is 7.64. The quantitative estimate of drug-likeness (QED) is 0.850. The Hall–Kier alpha value is -2.18. The first-order valence-corrected chi connectivity index (χ1v) is 7.64. The van der Waals surface area contributed by atoms with Crippen LogP contribution < -0.4 is 5.32 Å². The van der Waals surface area contributed by atoms with Gasteiger partial charge in [0.05, 0.1) is 17.8 Å². The predicted molar refractivity (Wildman–Crippen MR) is 83.4 cm³/mol. The van der Waals surface area contributed by atoms with E-state index >= 15 is 0 Å². The van der Waals surface area contributed by atoms with Gasteiger partial charge in [-0.3, -0.25) is 9.78 Å². The summed E-state index contributed by atoms with van der Waals surface area (Å²) in [6.45, 7) is 6.23. The van der Waals surface area contributed by atoms with Crippen LogP contribution in [-0.2, 0) is 9.53 Å². The van der Waals surface area contributed by atoms with E-state index in [0.29, 0.717) is 19.4 Å². The summed E-state index contributed by atoms with van der Waals surface area (Å²) in [5, 5.41) is 2.51. The van der Waals surface area contributed by atoms with E-state index in [1.807, 2.05) is 20.8 Å². The highest BCUT2D eigenvalue weighted by molar-refractivity contribution is 5.89. The third kappa shape index (κ3) is 4.91. The van der Waals surface area contributed by atoms with Gasteiger partial charge in [-0.2, -0.15) is 0 Å². The van der Waals surface area contributed by atoms with Crippen LogP contribution >= 0.6 is 0 Å². The van der Waals surface area contributed by atoms with E-state index in [1.165, 1.54) is 17.2 Å². The van der Waals surface area contributed by atoms with Crippen LogP contribution in [0.5, 0.6) is 0 Å². The van der Waals surface area contributed by atoms with Crippen LogP contribution in [0.3, 0.4) is 0 Å². The van der Waals surface area contributed by atoms with E-state index in [-0.39, 0.29) is 24.1 Å². The molecule has 2 heterocycles. The molecule has 0 saturated carbocycles. The van der Waals surface area contributed by atoms with Gasteiger partial charge in [-0.25, -0.2) is 9.18 Å². The molecule has 0 bridgehead atoms. The van der Waals surface area contributed by atoms with Crippen molar-refractivity contribution >= 4 is 17.7 Å². The van der Waals surface area contributed by atoms with Crippen molar-refractivity contribution in [1.82, 2.24) is 9.88 Å². The third-order valence-electron chi connectivity index (χ3n) is 3.46. The molecule has 0 aromatic carbocycles. The summed E-state index contributed by atoms with van der Waals surface area (Å²) in [6, 6.07) is 0.964. The van der Waals surface area contributed by atoms with Gasteiger partial charge in [0.2, 0.25) is 0 Å². The molecule has 6 nitrogen and oxygen atoms in total. The van der Waals surface area contributed by atoms with Gasteiger partial charge in [0.25, 0.3) is 0 Å². The number of carbonyl (C=O) groups excluding carboxylic acids is 2. The second-order valence-electron chi connectivity index (χ2n) is 6.60. The van der Waals surface area contributed by atoms with Crippen molar-refractivity contribution in [2.45, 2.75) is 39.2 Å². The van der Waals surface area contributed by atoms with Crippen molar-refractivity contribution in [3.63, 3.8) is 0 Å². The van der Waals surface area contributed by atoms with E-state index in [0.717, 1.165) is 6.20 Å². The topological polar surface area (TPSA) is 71.5 Å². The van der Waals surface area contributed by atoms with E-state index < -0.39 is 17.4 Å². The zero-order chi connectivity index (χ0) is 17.0. The number of rotatable bonds is 2. The Kier molecular flexibility index (Phi) is 5.18. The number of esters is 1. The molecule has 0 spiro atoms. The van der Waals surface area contributed by atoms with Crippen molar-refractivity contribution in [2.24, 2.45) is 5.92 Å². The molecule has 1 atom stereocenters. The minimum Gasteiger partial charge on any atom is -0.460 e. The molecule has 1 saturated heterocycles. The molecule has 1 aliphatic heterocycles. The molecule has 23 heavy (non-hydrogen) atoms. The number of amides is 2. The molecule has 1 fully saturated rings. The van der Waals surface area contributed by atoms with E-state index in [4.69, 9.17) is 4.74 Å². The molecule has 1 aromatic heterocycles. The second-order valence-corrected chi connectivity index (χ2v) is 6.60. The first-order chi connectivity index (χ1) is 10.8. The maximum Gasteiger partial charge on any atom is 0.321 e. The standard InChI is InChI=1S/C16H22FN3O3/c1-16(2,3)23-14(21)11-5-4-8-20(10-11)15(22)19-13-6-7-18-9-12(13)17/h6-7,9,11H,4-5,8,10H2,1-3H3,(H,18,19,22). The molecule has 126 valence electrons. The predicted octanol–water partition coefficient (Wildman–Crippen LogP) is 2.81. The lowest BCUT2D eigenvalue weighted by Crippen LogP contribution is -2.45. The number of nitrogens with one attached hydrogen (secondary N) is 1. The summed E-state index contributed by atoms with van der Waals surface area (Å²) < 4.78 is 18.9. The van der Waals surface area contributed by atoms with Crippen LogP contribution in [0.4, 0.5) is 14.9 Å². The normalized spacial score (nSPS) is 18.4. The number of hydrogen-bond acceptors (Lipinski definition) is 4. The van der Waals surface area contributed by atoms with Gasteiger partial charge in [0, 0.05) is 19.3 Å². The first kappa shape index (κ1) is 17.2. The Bertz CT molecular complexity index is 586. The van der Waals surface area contributed by atoms with Gasteiger partial charge in [-0.1, -0.05) is 0 Å². The van der Waals surface area contributed by atoms with Gasteiger partial charge in [0.15, 0.2) is 5.82 Å². The zero-order valence-electron chi connectivity index (χ0n) is 13.6. The fourth-order valence-corrected chi connectivity index (χ4v) is 2.41. The second kappa shape index (κ2) is 6.93.